The molecule has 0 aliphatic heterocycles. The van der Waals surface area contributed by atoms with Crippen molar-refractivity contribution in [3.63, 3.8) is 0 Å². The summed E-state index contributed by atoms with van der Waals surface area (Å²) in [6.07, 6.45) is 0. The molecule has 0 fully saturated rings. The van der Waals surface area contributed by atoms with Crippen LogP contribution in [0.3, 0.4) is 0 Å². The molecule has 23 heavy (non-hydrogen) atoms. The highest BCUT2D eigenvalue weighted by atomic mass is 35.5. The topological polar surface area (TPSA) is 47.6 Å². The molecule has 2 aromatic rings. The van der Waals surface area contributed by atoms with Gasteiger partial charge in [0.2, 0.25) is 0 Å². The summed E-state index contributed by atoms with van der Waals surface area (Å²) in [4.78, 5) is 12.1. The summed E-state index contributed by atoms with van der Waals surface area (Å²) in [6.45, 7) is 2.75. The summed E-state index contributed by atoms with van der Waals surface area (Å²) < 4.78 is 10.6. The average Bonchev–Trinajstić information content (AvgIpc) is 2.52. The fourth-order valence-electron chi connectivity index (χ4n) is 1.96. The molecule has 1 amide bonds. The van der Waals surface area contributed by atoms with E-state index in [2.05, 4.69) is 5.32 Å². The number of nitrogens with one attached hydrogen (secondary N) is 1. The lowest BCUT2D eigenvalue weighted by Crippen LogP contribution is -2.28. The third-order valence-corrected chi connectivity index (χ3v) is 3.70. The summed E-state index contributed by atoms with van der Waals surface area (Å²) in [6, 6.07) is 10.7. The number of methoxy groups -OCH3 is 1. The van der Waals surface area contributed by atoms with Crippen LogP contribution in [0.2, 0.25) is 10.0 Å². The van der Waals surface area contributed by atoms with E-state index >= 15 is 0 Å². The van der Waals surface area contributed by atoms with Gasteiger partial charge in [0.05, 0.1) is 23.7 Å². The third kappa shape index (κ3) is 4.78. The van der Waals surface area contributed by atoms with Crippen LogP contribution in [0.5, 0.6) is 11.5 Å². The van der Waals surface area contributed by atoms with E-state index in [1.807, 2.05) is 31.2 Å². The van der Waals surface area contributed by atoms with Gasteiger partial charge in [-0.25, -0.2) is 0 Å². The van der Waals surface area contributed by atoms with E-state index in [9.17, 15) is 4.79 Å². The second-order valence-electron chi connectivity index (χ2n) is 4.89. The van der Waals surface area contributed by atoms with Gasteiger partial charge in [-0.2, -0.15) is 0 Å². The van der Waals surface area contributed by atoms with Crippen LogP contribution >= 0.6 is 23.2 Å². The van der Waals surface area contributed by atoms with E-state index in [0.29, 0.717) is 34.5 Å². The lowest BCUT2D eigenvalue weighted by atomic mass is 10.2. The molecule has 0 aliphatic carbocycles. The first-order valence-electron chi connectivity index (χ1n) is 7.02. The number of rotatable bonds is 6. The molecule has 0 bridgehead atoms. The van der Waals surface area contributed by atoms with Crippen molar-refractivity contribution in [2.75, 3.05) is 20.3 Å². The van der Waals surface area contributed by atoms with Gasteiger partial charge in [0.15, 0.2) is 5.75 Å². The number of hydrogen-bond donors (Lipinski definition) is 1. The Balaban J connectivity index is 1.86. The van der Waals surface area contributed by atoms with Gasteiger partial charge in [-0.15, -0.1) is 0 Å². The van der Waals surface area contributed by atoms with Gasteiger partial charge in [-0.05, 0) is 31.2 Å². The summed E-state index contributed by atoms with van der Waals surface area (Å²) in [5.74, 6) is 0.844. The normalized spacial score (nSPS) is 10.3. The van der Waals surface area contributed by atoms with E-state index in [0.717, 1.165) is 5.75 Å². The third-order valence-electron chi connectivity index (χ3n) is 3.14. The minimum Gasteiger partial charge on any atom is -0.494 e. The highest BCUT2D eigenvalue weighted by Crippen LogP contribution is 2.33. The molecule has 0 heterocycles. The molecule has 2 rings (SSSR count). The van der Waals surface area contributed by atoms with Crippen LogP contribution in [0.25, 0.3) is 0 Å². The van der Waals surface area contributed by atoms with Crippen molar-refractivity contribution in [2.45, 2.75) is 6.92 Å². The van der Waals surface area contributed by atoms with E-state index in [1.54, 1.807) is 0 Å². The van der Waals surface area contributed by atoms with E-state index in [-0.39, 0.29) is 5.91 Å². The molecule has 1 N–H and O–H groups in total. The van der Waals surface area contributed by atoms with Crippen LogP contribution in [0.1, 0.15) is 15.9 Å². The van der Waals surface area contributed by atoms with Crippen LogP contribution in [0, 0.1) is 6.92 Å². The predicted molar refractivity (Wildman–Crippen MR) is 92.0 cm³/mol. The van der Waals surface area contributed by atoms with E-state index < -0.39 is 0 Å². The van der Waals surface area contributed by atoms with Gasteiger partial charge in [0.25, 0.3) is 5.91 Å². The smallest absolute Gasteiger partial charge is 0.251 e. The van der Waals surface area contributed by atoms with E-state index in [1.165, 1.54) is 24.8 Å². The number of carbonyl (C=O) groups is 1. The molecule has 0 radical (unpaired) electrons. The maximum atomic E-state index is 12.1. The minimum absolute atomic E-state index is 0.274. The maximum absolute atomic E-state index is 12.1. The van der Waals surface area contributed by atoms with Gasteiger partial charge in [0.1, 0.15) is 12.4 Å². The number of benzene rings is 2. The van der Waals surface area contributed by atoms with Crippen LogP contribution in [-0.4, -0.2) is 26.2 Å². The molecule has 0 aliphatic rings. The number of aryl methyl sites for hydroxylation is 1. The summed E-state index contributed by atoms with van der Waals surface area (Å²) in [5, 5.41) is 3.34. The molecule has 0 saturated carbocycles. The predicted octanol–water partition coefficient (Wildman–Crippen LogP) is 4.12. The van der Waals surface area contributed by atoms with Crippen LogP contribution in [0.15, 0.2) is 36.4 Å². The van der Waals surface area contributed by atoms with Crippen molar-refractivity contribution < 1.29 is 14.3 Å². The Morgan fingerprint density at radius 2 is 1.74 bits per heavy atom. The number of carbonyl (C=O) groups excluding carboxylic acids is 1. The van der Waals surface area contributed by atoms with Gasteiger partial charge in [-0.3, -0.25) is 4.79 Å². The zero-order valence-corrected chi connectivity index (χ0v) is 14.4. The van der Waals surface area contributed by atoms with Gasteiger partial charge < -0.3 is 14.8 Å². The lowest BCUT2D eigenvalue weighted by molar-refractivity contribution is 0.0947. The molecule has 6 heteroatoms. The largest absolute Gasteiger partial charge is 0.494 e. The van der Waals surface area contributed by atoms with Crippen LogP contribution in [-0.2, 0) is 0 Å². The lowest BCUT2D eigenvalue weighted by Gasteiger charge is -2.10. The second-order valence-corrected chi connectivity index (χ2v) is 5.70. The SMILES string of the molecule is COc1c(Cl)cc(C(=O)NCCOc2ccc(C)cc2)cc1Cl. The standard InChI is InChI=1S/C17H17Cl2NO3/c1-11-3-5-13(6-4-11)23-8-7-20-17(21)12-9-14(18)16(22-2)15(19)10-12/h3-6,9-10H,7-8H2,1-2H3,(H,20,21). The molecular weight excluding hydrogens is 337 g/mol. The monoisotopic (exact) mass is 353 g/mol. The molecule has 122 valence electrons. The van der Waals surface area contributed by atoms with E-state index in [4.69, 9.17) is 32.7 Å². The fraction of sp³-hybridized carbons (Fsp3) is 0.235. The Hall–Kier alpha value is -1.91. The zero-order valence-electron chi connectivity index (χ0n) is 12.9. The van der Waals surface area contributed by atoms with Gasteiger partial charge >= 0.3 is 0 Å². The van der Waals surface area contributed by atoms with Crippen LogP contribution in [0.4, 0.5) is 0 Å². The first-order valence-corrected chi connectivity index (χ1v) is 7.77. The second kappa shape index (κ2) is 8.09. The average molecular weight is 354 g/mol. The molecule has 2 aromatic carbocycles. The number of ether oxygens (including phenoxy) is 2. The minimum atomic E-state index is -0.274. The Morgan fingerprint density at radius 3 is 2.30 bits per heavy atom. The zero-order chi connectivity index (χ0) is 16.8. The molecule has 0 saturated heterocycles. The first-order chi connectivity index (χ1) is 11.0. The van der Waals surface area contributed by atoms with Gasteiger partial charge in [-0.1, -0.05) is 40.9 Å². The molecule has 0 unspecified atom stereocenters. The van der Waals surface area contributed by atoms with Crippen molar-refractivity contribution in [3.8, 4) is 11.5 Å². The molecule has 0 spiro atoms. The summed E-state index contributed by atoms with van der Waals surface area (Å²) in [5.41, 5.74) is 1.54. The van der Waals surface area contributed by atoms with Crippen LogP contribution < -0.4 is 14.8 Å². The van der Waals surface area contributed by atoms with Gasteiger partial charge in [0, 0.05) is 5.56 Å². The number of hydrogen-bond acceptors (Lipinski definition) is 3. The Bertz CT molecular complexity index is 664. The van der Waals surface area contributed by atoms with Crippen molar-refractivity contribution in [3.05, 3.63) is 57.6 Å². The summed E-state index contributed by atoms with van der Waals surface area (Å²) >= 11 is 12.0. The molecule has 0 aromatic heterocycles. The highest BCUT2D eigenvalue weighted by molar-refractivity contribution is 6.37. The maximum Gasteiger partial charge on any atom is 0.251 e. The Kier molecular flexibility index (Phi) is 6.13. The fourth-order valence-corrected chi connectivity index (χ4v) is 2.60. The molecule has 4 nitrogen and oxygen atoms in total. The number of amides is 1. The van der Waals surface area contributed by atoms with Crippen molar-refractivity contribution in [1.82, 2.24) is 5.32 Å². The van der Waals surface area contributed by atoms with Crippen molar-refractivity contribution in [1.29, 1.82) is 0 Å². The van der Waals surface area contributed by atoms with Crippen molar-refractivity contribution in [2.24, 2.45) is 0 Å². The molecule has 0 atom stereocenters. The number of halogens is 2. The quantitative estimate of drug-likeness (QED) is 0.794. The Morgan fingerprint density at radius 1 is 1.13 bits per heavy atom. The Labute approximate surface area is 145 Å². The first kappa shape index (κ1) is 17.4. The van der Waals surface area contributed by atoms with Crippen molar-refractivity contribution >= 4 is 29.1 Å². The molecular formula is C17H17Cl2NO3. The summed E-state index contributed by atoms with van der Waals surface area (Å²) in [7, 11) is 1.47. The highest BCUT2D eigenvalue weighted by Gasteiger charge is 2.13.